The number of para-hydroxylation sites is 3. The van der Waals surface area contributed by atoms with Crippen LogP contribution in [0.1, 0.15) is 170 Å². The highest BCUT2D eigenvalue weighted by molar-refractivity contribution is 6.34. The molecule has 0 aliphatic rings. The molecule has 8 aromatic rings. The molecule has 0 saturated carbocycles. The molecule has 6 N–H and O–H groups in total. The first-order valence-electron chi connectivity index (χ1n) is 29.9. The number of carbonyl (C=O) groups excluding carboxylic acids is 3. The number of anilines is 3. The summed E-state index contributed by atoms with van der Waals surface area (Å²) < 4.78 is 0. The summed E-state index contributed by atoms with van der Waals surface area (Å²) >= 11 is 6.13. The van der Waals surface area contributed by atoms with Gasteiger partial charge in [-0.15, -0.1) is 0 Å². The van der Waals surface area contributed by atoms with Gasteiger partial charge in [-0.1, -0.05) is 191 Å². The topological polar surface area (TPSA) is 199 Å². The largest absolute Gasteiger partial charge is 0.478 e. The number of aromatic carboxylic acids is 3. The third kappa shape index (κ3) is 23.0. The smallest absolute Gasteiger partial charge is 0.335 e. The summed E-state index contributed by atoms with van der Waals surface area (Å²) in [6.45, 7) is 6.17. The molecular formula is C74H80ClN3O9. The van der Waals surface area contributed by atoms with E-state index in [0.717, 1.165) is 147 Å². The lowest BCUT2D eigenvalue weighted by Crippen LogP contribution is -2.20. The predicted molar refractivity (Wildman–Crippen MR) is 350 cm³/mol. The number of carboxylic acid groups (broad SMARTS) is 3. The van der Waals surface area contributed by atoms with Crippen LogP contribution in [0.25, 0.3) is 0 Å². The molecule has 13 heteroatoms. The lowest BCUT2D eigenvalue weighted by molar-refractivity contribution is -0.117. The van der Waals surface area contributed by atoms with Crippen molar-refractivity contribution < 1.29 is 44.1 Å². The van der Waals surface area contributed by atoms with E-state index >= 15 is 0 Å². The molecule has 0 unspecified atom stereocenters. The summed E-state index contributed by atoms with van der Waals surface area (Å²) in [7, 11) is 0. The maximum absolute atomic E-state index is 12.6. The Labute approximate surface area is 517 Å². The quantitative estimate of drug-likeness (QED) is 0.0271. The van der Waals surface area contributed by atoms with Gasteiger partial charge in [-0.2, -0.15) is 0 Å². The van der Waals surface area contributed by atoms with Gasteiger partial charge in [0, 0.05) is 29.0 Å². The Balaban J connectivity index is 0.000000209. The molecular weight excluding hydrogens is 1110 g/mol. The van der Waals surface area contributed by atoms with Gasteiger partial charge < -0.3 is 31.3 Å². The number of nitrogens with one attached hydrogen (secondary N) is 3. The molecule has 0 radical (unpaired) electrons. The number of hydrogen-bond acceptors (Lipinski definition) is 6. The SMILES string of the molecule is CC(C)(C)CC(=O)Nc1ccccc1CCCCCc1ccccc1C(=O)O.O=C(Nc1ccccc1CCCCCc1ccccc1C(=O)O)c1ccccc1.O=C(Nc1ccccc1CCCCCc1ccccc1C(=O)O)c1ccccc1Cl. The van der Waals surface area contributed by atoms with Gasteiger partial charge in [0.1, 0.15) is 0 Å². The Hall–Kier alpha value is -9.13. The van der Waals surface area contributed by atoms with E-state index in [1.54, 1.807) is 72.8 Å². The lowest BCUT2D eigenvalue weighted by atomic mass is 9.92. The number of halogens is 1. The van der Waals surface area contributed by atoms with Crippen LogP contribution in [0.4, 0.5) is 17.1 Å². The minimum atomic E-state index is -0.881. The van der Waals surface area contributed by atoms with Crippen LogP contribution in [0.2, 0.25) is 5.02 Å². The fourth-order valence-corrected chi connectivity index (χ4v) is 10.4. The van der Waals surface area contributed by atoms with Crippen LogP contribution in [0.15, 0.2) is 200 Å². The molecule has 0 bridgehead atoms. The molecule has 8 aromatic carbocycles. The van der Waals surface area contributed by atoms with Gasteiger partial charge in [-0.3, -0.25) is 14.4 Å². The normalized spacial score (nSPS) is 10.8. The van der Waals surface area contributed by atoms with E-state index < -0.39 is 17.9 Å². The summed E-state index contributed by atoms with van der Waals surface area (Å²) in [6, 6.07) is 61.3. The summed E-state index contributed by atoms with van der Waals surface area (Å²) in [5, 5.41) is 37.2. The van der Waals surface area contributed by atoms with Crippen molar-refractivity contribution in [2.45, 2.75) is 124 Å². The zero-order valence-corrected chi connectivity index (χ0v) is 50.8. The number of carboxylic acids is 3. The highest BCUT2D eigenvalue weighted by Crippen LogP contribution is 2.26. The molecule has 0 atom stereocenters. The second-order valence-corrected chi connectivity index (χ2v) is 23.0. The molecule has 0 heterocycles. The average molecular weight is 1190 g/mol. The first-order valence-corrected chi connectivity index (χ1v) is 30.2. The highest BCUT2D eigenvalue weighted by Gasteiger charge is 2.18. The van der Waals surface area contributed by atoms with Crippen molar-refractivity contribution in [3.05, 3.63) is 266 Å². The minimum Gasteiger partial charge on any atom is -0.478 e. The second-order valence-electron chi connectivity index (χ2n) is 22.6. The van der Waals surface area contributed by atoms with E-state index in [4.69, 9.17) is 11.6 Å². The highest BCUT2D eigenvalue weighted by atomic mass is 35.5. The Morgan fingerprint density at radius 1 is 0.333 bits per heavy atom. The number of aryl methyl sites for hydroxylation is 6. The molecule has 0 aliphatic carbocycles. The van der Waals surface area contributed by atoms with Crippen LogP contribution in [0.5, 0.6) is 0 Å². The van der Waals surface area contributed by atoms with Crippen molar-refractivity contribution >= 4 is 64.3 Å². The summed E-state index contributed by atoms with van der Waals surface area (Å²) in [5.74, 6) is -2.90. The van der Waals surface area contributed by atoms with Gasteiger partial charge >= 0.3 is 17.9 Å². The third-order valence-corrected chi connectivity index (χ3v) is 14.9. The minimum absolute atomic E-state index is 0.0364. The molecule has 0 aliphatic heterocycles. The fourth-order valence-electron chi connectivity index (χ4n) is 10.1. The lowest BCUT2D eigenvalue weighted by Gasteiger charge is -2.18. The van der Waals surface area contributed by atoms with Crippen molar-refractivity contribution in [1.29, 1.82) is 0 Å². The standard InChI is InChI=1S/C25H24ClNO3.C25H25NO3.C24H31NO3/c26-22-16-8-7-15-21(22)24(28)27-23-17-9-5-13-19(23)12-3-1-2-10-18-11-4-6-14-20(18)25(29)30;27-24(21-15-5-2-6-16-21)26-23-18-10-8-14-20(23)13-4-1-3-11-19-12-7-9-17-22(19)25(28)29;1-24(2,3)17-22(26)25-21-16-10-8-14-19(21)13-6-4-5-11-18-12-7-9-15-20(18)23(27)28/h4-9,11,13-17H,1-3,10,12H2,(H,27,28)(H,29,30);2,5-10,12,14-18H,1,3-4,11,13H2,(H,26,27)(H,28,29);7-10,12,14-16H,4-6,11,13,17H2,1-3H3,(H,25,26)(H,27,28). The molecule has 452 valence electrons. The van der Waals surface area contributed by atoms with Crippen molar-refractivity contribution in [2.75, 3.05) is 16.0 Å². The van der Waals surface area contributed by atoms with Crippen LogP contribution in [0, 0.1) is 5.41 Å². The third-order valence-electron chi connectivity index (χ3n) is 14.6. The van der Waals surface area contributed by atoms with Crippen molar-refractivity contribution in [3.8, 4) is 0 Å². The molecule has 87 heavy (non-hydrogen) atoms. The Morgan fingerprint density at radius 3 is 0.977 bits per heavy atom. The Kier molecular flexibility index (Phi) is 27.2. The van der Waals surface area contributed by atoms with Crippen molar-refractivity contribution in [3.63, 3.8) is 0 Å². The monoisotopic (exact) mass is 1190 g/mol. The van der Waals surface area contributed by atoms with Gasteiger partial charge in [0.2, 0.25) is 5.91 Å². The number of unbranched alkanes of at least 4 members (excludes halogenated alkanes) is 6. The molecule has 0 saturated heterocycles. The number of hydrogen-bond donors (Lipinski definition) is 6. The zero-order valence-electron chi connectivity index (χ0n) is 50.0. The van der Waals surface area contributed by atoms with Crippen LogP contribution >= 0.6 is 11.6 Å². The van der Waals surface area contributed by atoms with E-state index in [2.05, 4.69) is 42.8 Å². The zero-order chi connectivity index (χ0) is 62.4. The Morgan fingerprint density at radius 2 is 0.621 bits per heavy atom. The van der Waals surface area contributed by atoms with Gasteiger partial charge in [0.05, 0.1) is 27.3 Å². The predicted octanol–water partition coefficient (Wildman–Crippen LogP) is 17.6. The summed E-state index contributed by atoms with van der Waals surface area (Å²) in [4.78, 5) is 71.1. The molecule has 0 aromatic heterocycles. The van der Waals surface area contributed by atoms with Crippen LogP contribution in [-0.2, 0) is 43.3 Å². The maximum atomic E-state index is 12.6. The van der Waals surface area contributed by atoms with Gasteiger partial charge in [0.15, 0.2) is 0 Å². The van der Waals surface area contributed by atoms with Crippen LogP contribution in [0.3, 0.4) is 0 Å². The fraction of sp³-hybridized carbons (Fsp3) is 0.270. The van der Waals surface area contributed by atoms with E-state index in [1.165, 1.54) is 0 Å². The average Bonchev–Trinajstić information content (AvgIpc) is 3.65. The number of amides is 3. The van der Waals surface area contributed by atoms with E-state index in [-0.39, 0.29) is 23.1 Å². The summed E-state index contributed by atoms with van der Waals surface area (Å²) in [5.41, 5.74) is 10.7. The van der Waals surface area contributed by atoms with Gasteiger partial charge in [-0.05, 0) is 177 Å². The van der Waals surface area contributed by atoms with Gasteiger partial charge in [0.25, 0.3) is 11.8 Å². The molecule has 0 spiro atoms. The second kappa shape index (κ2) is 35.4. The number of rotatable bonds is 27. The number of benzene rings is 8. The van der Waals surface area contributed by atoms with E-state index in [0.29, 0.717) is 39.3 Å². The molecule has 8 rings (SSSR count). The first kappa shape index (κ1) is 67.0. The van der Waals surface area contributed by atoms with E-state index in [1.807, 2.05) is 121 Å². The van der Waals surface area contributed by atoms with Crippen LogP contribution in [-0.4, -0.2) is 50.9 Å². The van der Waals surface area contributed by atoms with Crippen molar-refractivity contribution in [1.82, 2.24) is 0 Å². The molecule has 12 nitrogen and oxygen atoms in total. The van der Waals surface area contributed by atoms with Crippen LogP contribution < -0.4 is 16.0 Å². The van der Waals surface area contributed by atoms with Crippen molar-refractivity contribution in [2.24, 2.45) is 5.41 Å². The van der Waals surface area contributed by atoms with E-state index in [9.17, 15) is 44.1 Å². The maximum Gasteiger partial charge on any atom is 0.335 e. The first-order chi connectivity index (χ1) is 42.0. The van der Waals surface area contributed by atoms with Gasteiger partial charge in [-0.25, -0.2) is 14.4 Å². The number of carbonyl (C=O) groups is 6. The summed E-state index contributed by atoms with van der Waals surface area (Å²) in [6.07, 6.45) is 14.1. The Bertz CT molecular complexity index is 3540. The molecule has 3 amide bonds. The molecule has 0 fully saturated rings.